The molecule has 2 atom stereocenters. The minimum absolute atomic E-state index is 0. The Labute approximate surface area is 154 Å². The Morgan fingerprint density at radius 3 is 1.17 bits per heavy atom. The van der Waals surface area contributed by atoms with E-state index < -0.39 is 34.7 Å². The molecule has 0 fully saturated rings. The first-order valence-electron chi connectivity index (χ1n) is 3.94. The largest absolute Gasteiger partial charge is 1.00 e. The van der Waals surface area contributed by atoms with Crippen molar-refractivity contribution in [3.63, 3.8) is 0 Å². The molecular formula is C6H10Na2O8S2. The van der Waals surface area contributed by atoms with Crippen LogP contribution in [0.3, 0.4) is 0 Å². The summed E-state index contributed by atoms with van der Waals surface area (Å²) in [5.74, 6) is -1.48. The number of carbonyl (C=O) groups is 2. The van der Waals surface area contributed by atoms with Crippen molar-refractivity contribution >= 4 is 34.7 Å². The van der Waals surface area contributed by atoms with E-state index in [1.165, 1.54) is 13.8 Å². The fourth-order valence-corrected chi connectivity index (χ4v) is 0.809. The van der Waals surface area contributed by atoms with E-state index in [0.29, 0.717) is 0 Å². The van der Waals surface area contributed by atoms with Crippen molar-refractivity contribution in [1.29, 1.82) is 0 Å². The zero-order chi connectivity index (χ0) is 13.1. The normalized spacial score (nSPS) is 11.3. The molecule has 0 aromatic heterocycles. The second-order valence-corrected chi connectivity index (χ2v) is 3.18. The molecule has 0 radical (unpaired) electrons. The summed E-state index contributed by atoms with van der Waals surface area (Å²) in [6.07, 6.45) is 0.155. The van der Waals surface area contributed by atoms with Crippen LogP contribution in [-0.4, -0.2) is 29.5 Å². The number of hydrogen-bond acceptors (Lipinski definition) is 8. The Balaban J connectivity index is -0.0000000980. The van der Waals surface area contributed by atoms with Gasteiger partial charge in [0.1, 0.15) is 22.7 Å². The van der Waals surface area contributed by atoms with Crippen molar-refractivity contribution in [2.24, 2.45) is 0 Å². The van der Waals surface area contributed by atoms with Crippen molar-refractivity contribution in [1.82, 2.24) is 0 Å². The van der Waals surface area contributed by atoms with Gasteiger partial charge in [-0.15, -0.1) is 0 Å². The summed E-state index contributed by atoms with van der Waals surface area (Å²) in [7, 11) is 0. The molecule has 0 rings (SSSR count). The second-order valence-electron chi connectivity index (χ2n) is 2.03. The maximum absolute atomic E-state index is 10.0. The van der Waals surface area contributed by atoms with Crippen molar-refractivity contribution in [3.05, 3.63) is 0 Å². The average Bonchev–Trinajstić information content (AvgIpc) is 2.16. The van der Waals surface area contributed by atoms with Gasteiger partial charge in [0.05, 0.1) is 0 Å². The van der Waals surface area contributed by atoms with E-state index in [2.05, 4.69) is 8.37 Å². The Morgan fingerprint density at radius 1 is 0.889 bits per heavy atom. The van der Waals surface area contributed by atoms with Crippen molar-refractivity contribution in [3.8, 4) is 0 Å². The van der Waals surface area contributed by atoms with Gasteiger partial charge in [0.15, 0.2) is 0 Å². The molecule has 0 spiro atoms. The Bertz CT molecular complexity index is 257. The van der Waals surface area contributed by atoms with Crippen LogP contribution in [0.4, 0.5) is 0 Å². The maximum atomic E-state index is 10.0. The summed E-state index contributed by atoms with van der Waals surface area (Å²) in [6.45, 7) is 3.02. The molecule has 0 saturated heterocycles. The van der Waals surface area contributed by atoms with Gasteiger partial charge < -0.3 is 17.5 Å². The van der Waals surface area contributed by atoms with Crippen LogP contribution in [0.15, 0.2) is 0 Å². The summed E-state index contributed by atoms with van der Waals surface area (Å²) in [5.41, 5.74) is 0. The van der Waals surface area contributed by atoms with Crippen LogP contribution in [0.2, 0.25) is 0 Å². The van der Waals surface area contributed by atoms with Crippen LogP contribution in [-0.2, 0) is 40.7 Å². The fraction of sp³-hybridized carbons (Fsp3) is 0.667. The van der Waals surface area contributed by atoms with Crippen LogP contribution < -0.4 is 59.1 Å². The first-order chi connectivity index (χ1) is 7.33. The summed E-state index contributed by atoms with van der Waals surface area (Å²) in [6, 6.07) is 0. The molecule has 18 heavy (non-hydrogen) atoms. The molecule has 2 unspecified atom stereocenters. The van der Waals surface area contributed by atoms with Gasteiger partial charge >= 0.3 is 71.1 Å². The molecule has 0 bridgehead atoms. The van der Waals surface area contributed by atoms with Gasteiger partial charge in [0, 0.05) is 12.8 Å². The van der Waals surface area contributed by atoms with E-state index in [1.807, 2.05) is 0 Å². The van der Waals surface area contributed by atoms with Gasteiger partial charge in [0.2, 0.25) is 0 Å². The Kier molecular flexibility index (Phi) is 27.7. The van der Waals surface area contributed by atoms with E-state index in [4.69, 9.17) is 0 Å². The summed E-state index contributed by atoms with van der Waals surface area (Å²) in [5, 5.41) is 0. The quantitative estimate of drug-likeness (QED) is 0.369. The van der Waals surface area contributed by atoms with Gasteiger partial charge in [-0.2, -0.15) is 0 Å². The molecule has 0 aromatic carbocycles. The van der Waals surface area contributed by atoms with Crippen LogP contribution in [0.5, 0.6) is 0 Å². The van der Waals surface area contributed by atoms with Crippen molar-refractivity contribution < 1.29 is 94.6 Å². The molecule has 0 heterocycles. The molecule has 12 heteroatoms. The fourth-order valence-electron chi connectivity index (χ4n) is 0.270. The summed E-state index contributed by atoms with van der Waals surface area (Å²) < 4.78 is 45.5. The zero-order valence-corrected chi connectivity index (χ0v) is 16.1. The monoisotopic (exact) mass is 320 g/mol. The van der Waals surface area contributed by atoms with Crippen LogP contribution in [0.1, 0.15) is 26.7 Å². The molecule has 0 saturated carbocycles. The number of carbonyl (C=O) groups excluding carboxylic acids is 2. The average molecular weight is 320 g/mol. The topological polar surface area (TPSA) is 133 Å². The number of rotatable bonds is 4. The molecule has 0 aromatic rings. The van der Waals surface area contributed by atoms with E-state index >= 15 is 0 Å². The standard InChI is InChI=1S/2C3H6O4S.2Na/c2*1-2-3(4)7-8(5)6;;/h2*2H2,1H3,(H,5,6);;/q;;2*+1/p-2. The molecule has 0 amide bonds. The van der Waals surface area contributed by atoms with Crippen LogP contribution in [0.25, 0.3) is 0 Å². The molecular weight excluding hydrogens is 310 g/mol. The molecule has 0 aliphatic rings. The number of hydrogen-bond donors (Lipinski definition) is 0. The van der Waals surface area contributed by atoms with Gasteiger partial charge in [-0.25, -0.2) is 8.42 Å². The second kappa shape index (κ2) is 18.2. The molecule has 8 nitrogen and oxygen atoms in total. The van der Waals surface area contributed by atoms with Gasteiger partial charge in [-0.1, -0.05) is 13.8 Å². The predicted molar refractivity (Wildman–Crippen MR) is 50.6 cm³/mol. The molecule has 96 valence electrons. The minimum atomic E-state index is -2.70. The summed E-state index contributed by atoms with van der Waals surface area (Å²) >= 11 is -5.39. The third-order valence-electron chi connectivity index (χ3n) is 0.899. The third kappa shape index (κ3) is 25.9. The first kappa shape index (κ1) is 27.5. The third-order valence-corrected chi connectivity index (χ3v) is 1.54. The van der Waals surface area contributed by atoms with Crippen LogP contribution >= 0.6 is 0 Å². The Morgan fingerprint density at radius 2 is 1.11 bits per heavy atom. The van der Waals surface area contributed by atoms with Crippen molar-refractivity contribution in [2.75, 3.05) is 0 Å². The molecule has 0 aliphatic heterocycles. The van der Waals surface area contributed by atoms with Gasteiger partial charge in [-0.3, -0.25) is 9.59 Å². The van der Waals surface area contributed by atoms with Crippen molar-refractivity contribution in [2.45, 2.75) is 26.7 Å². The van der Waals surface area contributed by atoms with Gasteiger partial charge in [0.25, 0.3) is 0 Å². The van der Waals surface area contributed by atoms with Gasteiger partial charge in [-0.05, 0) is 0 Å². The van der Waals surface area contributed by atoms with E-state index in [1.54, 1.807) is 0 Å². The summed E-state index contributed by atoms with van der Waals surface area (Å²) in [4.78, 5) is 20.0. The van der Waals surface area contributed by atoms with Crippen LogP contribution in [0, 0.1) is 0 Å². The van der Waals surface area contributed by atoms with E-state index in [0.717, 1.165) is 0 Å². The van der Waals surface area contributed by atoms with E-state index in [-0.39, 0.29) is 72.0 Å². The zero-order valence-electron chi connectivity index (χ0n) is 10.5. The first-order valence-corrected chi connectivity index (χ1v) is 5.94. The maximum Gasteiger partial charge on any atom is 1.00 e. The molecule has 0 aliphatic carbocycles. The predicted octanol–water partition coefficient (Wildman–Crippen LogP) is -6.52. The minimum Gasteiger partial charge on any atom is -0.740 e. The van der Waals surface area contributed by atoms with E-state index in [9.17, 15) is 27.1 Å². The Hall–Kier alpha value is 1.16. The molecule has 0 N–H and O–H groups in total. The smallest absolute Gasteiger partial charge is 0.740 e. The SMILES string of the molecule is CCC(=O)OS(=O)[O-].CCC(=O)OS(=O)[O-].[Na+].[Na+].